The maximum atomic E-state index is 11.4. The van der Waals surface area contributed by atoms with E-state index in [0.717, 1.165) is 6.26 Å². The fraction of sp³-hybridized carbons (Fsp3) is 0.417. The van der Waals surface area contributed by atoms with Crippen LogP contribution in [0.4, 0.5) is 4.79 Å². The number of Topliss-reactive ketones (excluding diaryl/α,β-unsaturated/α-hetero) is 2. The van der Waals surface area contributed by atoms with Crippen LogP contribution in [-0.2, 0) is 28.8 Å². The fourth-order valence-corrected chi connectivity index (χ4v) is 1.79. The van der Waals surface area contributed by atoms with Gasteiger partial charge in [-0.15, -0.1) is 0 Å². The molecule has 1 saturated heterocycles. The lowest BCUT2D eigenvalue weighted by Crippen LogP contribution is -2.32. The van der Waals surface area contributed by atoms with E-state index in [2.05, 4.69) is 9.57 Å². The first-order valence-electron chi connectivity index (χ1n) is 5.95. The van der Waals surface area contributed by atoms with Gasteiger partial charge in [-0.1, -0.05) is 5.06 Å². The Kier molecular flexibility index (Phi) is 3.92. The van der Waals surface area contributed by atoms with E-state index >= 15 is 0 Å². The van der Waals surface area contributed by atoms with Crippen molar-refractivity contribution in [3.8, 4) is 0 Å². The highest BCUT2D eigenvalue weighted by atomic mass is 16.8. The maximum Gasteiger partial charge on any atom is 0.538 e. The van der Waals surface area contributed by atoms with Crippen LogP contribution in [0.2, 0.25) is 0 Å². The predicted molar refractivity (Wildman–Crippen MR) is 60.6 cm³/mol. The van der Waals surface area contributed by atoms with Gasteiger partial charge in [-0.05, 0) is 0 Å². The van der Waals surface area contributed by atoms with Crippen LogP contribution in [0.3, 0.4) is 0 Å². The number of nitrogens with zero attached hydrogens (tertiary/aromatic N) is 1. The Labute approximate surface area is 113 Å². The predicted octanol–water partition coefficient (Wildman–Crippen LogP) is 0.410. The summed E-state index contributed by atoms with van der Waals surface area (Å²) in [5.41, 5.74) is 0.0669. The van der Waals surface area contributed by atoms with Crippen LogP contribution < -0.4 is 0 Å². The lowest BCUT2D eigenvalue weighted by atomic mass is 9.94. The average Bonchev–Trinajstić information content (AvgIpc) is 2.71. The van der Waals surface area contributed by atoms with E-state index in [1.54, 1.807) is 0 Å². The summed E-state index contributed by atoms with van der Waals surface area (Å²) in [6.45, 7) is 0. The fourth-order valence-electron chi connectivity index (χ4n) is 1.79. The molecule has 0 aromatic heterocycles. The first-order chi connectivity index (χ1) is 9.47. The molecule has 0 spiro atoms. The van der Waals surface area contributed by atoms with Crippen molar-refractivity contribution in [1.82, 2.24) is 5.06 Å². The third-order valence-electron chi connectivity index (χ3n) is 2.85. The molecule has 1 aliphatic carbocycles. The van der Waals surface area contributed by atoms with Gasteiger partial charge in [-0.25, -0.2) is 4.79 Å². The summed E-state index contributed by atoms with van der Waals surface area (Å²) in [6.07, 6.45) is -0.392. The lowest BCUT2D eigenvalue weighted by Gasteiger charge is -2.13. The highest BCUT2D eigenvalue weighted by molar-refractivity contribution is 6.05. The van der Waals surface area contributed by atoms with E-state index in [9.17, 15) is 24.0 Å². The topological polar surface area (TPSA) is 107 Å². The second kappa shape index (κ2) is 5.64. The van der Waals surface area contributed by atoms with Gasteiger partial charge in [-0.2, -0.15) is 0 Å². The molecule has 106 valence electrons. The molecule has 0 N–H and O–H groups in total. The van der Waals surface area contributed by atoms with Crippen LogP contribution in [0, 0.1) is 0 Å². The molecular formula is C12H11NO7. The zero-order valence-electron chi connectivity index (χ0n) is 10.4. The molecule has 0 unspecified atom stereocenters. The summed E-state index contributed by atoms with van der Waals surface area (Å²) in [7, 11) is 0. The van der Waals surface area contributed by atoms with Crippen molar-refractivity contribution in [3.63, 3.8) is 0 Å². The number of hydrogen-bond acceptors (Lipinski definition) is 7. The molecular weight excluding hydrogens is 270 g/mol. The Bertz CT molecular complexity index is 518. The van der Waals surface area contributed by atoms with Crippen molar-refractivity contribution >= 4 is 29.5 Å². The Morgan fingerprint density at radius 2 is 1.65 bits per heavy atom. The largest absolute Gasteiger partial charge is 0.538 e. The van der Waals surface area contributed by atoms with E-state index in [1.807, 2.05) is 0 Å². The van der Waals surface area contributed by atoms with E-state index in [4.69, 9.17) is 0 Å². The second-order valence-electron chi connectivity index (χ2n) is 4.32. The minimum atomic E-state index is -1.31. The zero-order chi connectivity index (χ0) is 14.7. The van der Waals surface area contributed by atoms with Crippen molar-refractivity contribution in [3.05, 3.63) is 11.8 Å². The van der Waals surface area contributed by atoms with E-state index < -0.39 is 18.0 Å². The molecule has 2 aliphatic rings. The van der Waals surface area contributed by atoms with Crippen LogP contribution in [-0.4, -0.2) is 34.6 Å². The minimum Gasteiger partial charge on any atom is -0.401 e. The van der Waals surface area contributed by atoms with Crippen molar-refractivity contribution in [2.24, 2.45) is 0 Å². The molecule has 1 aliphatic heterocycles. The number of carbonyl (C=O) groups excluding carboxylic acids is 5. The zero-order valence-corrected chi connectivity index (χ0v) is 10.4. The van der Waals surface area contributed by atoms with E-state index in [-0.39, 0.29) is 49.2 Å². The number of hydrogen-bond donors (Lipinski definition) is 0. The second-order valence-corrected chi connectivity index (χ2v) is 4.32. The molecule has 2 amide bonds. The smallest absolute Gasteiger partial charge is 0.401 e. The Balaban J connectivity index is 1.91. The molecule has 8 heteroatoms. The van der Waals surface area contributed by atoms with Gasteiger partial charge in [-0.3, -0.25) is 24.0 Å². The van der Waals surface area contributed by atoms with Gasteiger partial charge in [0.15, 0.2) is 5.78 Å². The van der Waals surface area contributed by atoms with Crippen LogP contribution in [0.1, 0.15) is 32.1 Å². The molecule has 8 nitrogen and oxygen atoms in total. The van der Waals surface area contributed by atoms with E-state index in [0.29, 0.717) is 5.06 Å². The van der Waals surface area contributed by atoms with Gasteiger partial charge in [0.25, 0.3) is 11.8 Å². The normalized spacial score (nSPS) is 21.6. The number of ether oxygens (including phenoxy) is 1. The van der Waals surface area contributed by atoms with Crippen LogP contribution in [0.25, 0.3) is 0 Å². The number of amides is 2. The highest BCUT2D eigenvalue weighted by Crippen LogP contribution is 2.17. The molecule has 1 saturated carbocycles. The lowest BCUT2D eigenvalue weighted by molar-refractivity contribution is -0.175. The molecule has 0 aromatic carbocycles. The number of ketones is 2. The monoisotopic (exact) mass is 281 g/mol. The Hall–Kier alpha value is -2.51. The first kappa shape index (κ1) is 13.9. The van der Waals surface area contributed by atoms with Gasteiger partial charge in [0.2, 0.25) is 0 Å². The molecule has 2 fully saturated rings. The molecule has 1 heterocycles. The van der Waals surface area contributed by atoms with Crippen LogP contribution in [0.5, 0.6) is 0 Å². The van der Waals surface area contributed by atoms with Gasteiger partial charge in [0.05, 0.1) is 0 Å². The van der Waals surface area contributed by atoms with Crippen molar-refractivity contribution in [1.29, 1.82) is 0 Å². The van der Waals surface area contributed by atoms with Crippen molar-refractivity contribution in [2.75, 3.05) is 0 Å². The first-order valence-corrected chi connectivity index (χ1v) is 5.95. The van der Waals surface area contributed by atoms with Crippen LogP contribution in [0.15, 0.2) is 11.8 Å². The molecule has 0 radical (unpaired) electrons. The summed E-state index contributed by atoms with van der Waals surface area (Å²) < 4.78 is 4.52. The molecule has 0 aromatic rings. The summed E-state index contributed by atoms with van der Waals surface area (Å²) in [6, 6.07) is 0. The molecule has 0 atom stereocenters. The third-order valence-corrected chi connectivity index (χ3v) is 2.85. The Morgan fingerprint density at radius 3 is 2.30 bits per heavy atom. The van der Waals surface area contributed by atoms with Crippen molar-refractivity contribution < 1.29 is 33.5 Å². The van der Waals surface area contributed by atoms with Crippen LogP contribution >= 0.6 is 0 Å². The SMILES string of the molecule is O=C1CCC(=O)C(=COC(=O)ON2C(=O)CCC2=O)C1. The quantitative estimate of drug-likeness (QED) is 0.312. The summed E-state index contributed by atoms with van der Waals surface area (Å²) in [5.74, 6) is -1.68. The average molecular weight is 281 g/mol. The number of carbonyl (C=O) groups is 5. The molecule has 0 bridgehead atoms. The van der Waals surface area contributed by atoms with E-state index in [1.165, 1.54) is 0 Å². The summed E-state index contributed by atoms with van der Waals surface area (Å²) in [4.78, 5) is 60.7. The number of allylic oxidation sites excluding steroid dienone is 1. The number of rotatable bonds is 2. The maximum absolute atomic E-state index is 11.4. The third kappa shape index (κ3) is 3.08. The van der Waals surface area contributed by atoms with Gasteiger partial charge in [0, 0.05) is 37.7 Å². The number of imide groups is 1. The number of hydroxylamine groups is 2. The standard InChI is InChI=1S/C12H11NO7/c14-8-1-2-9(15)7(5-8)6-19-12(18)20-13-10(16)3-4-11(13)17/h6H,1-5H2. The Morgan fingerprint density at radius 1 is 1.00 bits per heavy atom. The highest BCUT2D eigenvalue weighted by Gasteiger charge is 2.33. The summed E-state index contributed by atoms with van der Waals surface area (Å²) >= 11 is 0. The molecule has 2 rings (SSSR count). The minimum absolute atomic E-state index is 0.0276. The molecule has 20 heavy (non-hydrogen) atoms. The van der Waals surface area contributed by atoms with Gasteiger partial charge < -0.3 is 4.74 Å². The van der Waals surface area contributed by atoms with Gasteiger partial charge >= 0.3 is 6.16 Å². The summed E-state index contributed by atoms with van der Waals surface area (Å²) in [5, 5.41) is 0.328. The van der Waals surface area contributed by atoms with Gasteiger partial charge in [0.1, 0.15) is 12.0 Å². The van der Waals surface area contributed by atoms with Crippen molar-refractivity contribution in [2.45, 2.75) is 32.1 Å².